The van der Waals surface area contributed by atoms with Gasteiger partial charge in [0.15, 0.2) is 0 Å². The van der Waals surface area contributed by atoms with Crippen LogP contribution in [0.1, 0.15) is 24.0 Å². The number of nitrogens with zero attached hydrogens (tertiary/aromatic N) is 1. The molecule has 1 aromatic rings. The predicted octanol–water partition coefficient (Wildman–Crippen LogP) is 2.83. The van der Waals surface area contributed by atoms with Crippen LogP contribution in [0.2, 0.25) is 5.02 Å². The topological polar surface area (TPSA) is 15.3 Å². The molecule has 0 spiro atoms. The Bertz CT molecular complexity index is 339. The molecule has 1 heterocycles. The highest BCUT2D eigenvalue weighted by atomic mass is 35.5. The molecule has 3 heteroatoms. The lowest BCUT2D eigenvalue weighted by molar-refractivity contribution is 0.335. The van der Waals surface area contributed by atoms with E-state index < -0.39 is 0 Å². The van der Waals surface area contributed by atoms with Gasteiger partial charge in [-0.2, -0.15) is 0 Å². The van der Waals surface area contributed by atoms with E-state index in [2.05, 4.69) is 23.2 Å². The number of aryl methyl sites for hydroxylation is 1. The molecule has 2 rings (SSSR count). The first-order chi connectivity index (χ1) is 8.24. The molecule has 0 aromatic heterocycles. The monoisotopic (exact) mass is 252 g/mol. The van der Waals surface area contributed by atoms with Crippen molar-refractivity contribution in [1.82, 2.24) is 10.2 Å². The molecule has 94 valence electrons. The second kappa shape index (κ2) is 6.39. The van der Waals surface area contributed by atoms with E-state index in [0.29, 0.717) is 0 Å². The molecule has 1 fully saturated rings. The molecule has 2 nitrogen and oxygen atoms in total. The van der Waals surface area contributed by atoms with Crippen LogP contribution in [0.3, 0.4) is 0 Å². The lowest BCUT2D eigenvalue weighted by Crippen LogP contribution is -2.29. The maximum atomic E-state index is 6.03. The van der Waals surface area contributed by atoms with Gasteiger partial charge in [0.1, 0.15) is 0 Å². The maximum Gasteiger partial charge on any atom is 0.0411 e. The molecule has 0 unspecified atom stereocenters. The van der Waals surface area contributed by atoms with Gasteiger partial charge >= 0.3 is 0 Å². The number of halogens is 1. The van der Waals surface area contributed by atoms with E-state index in [1.807, 2.05) is 12.1 Å². The summed E-state index contributed by atoms with van der Waals surface area (Å²) >= 11 is 6.03. The quantitative estimate of drug-likeness (QED) is 0.811. The van der Waals surface area contributed by atoms with Gasteiger partial charge in [0.05, 0.1) is 0 Å². The Morgan fingerprint density at radius 2 is 2.00 bits per heavy atom. The Balaban J connectivity index is 1.70. The maximum absolute atomic E-state index is 6.03. The minimum atomic E-state index is 0.835. The van der Waals surface area contributed by atoms with Crippen molar-refractivity contribution in [3.05, 3.63) is 34.3 Å². The normalized spacial score (nSPS) is 16.6. The van der Waals surface area contributed by atoms with Crippen molar-refractivity contribution in [2.75, 3.05) is 26.2 Å². The summed E-state index contributed by atoms with van der Waals surface area (Å²) < 4.78 is 0. The number of rotatable bonds is 5. The molecule has 1 aliphatic rings. The second-order valence-corrected chi connectivity index (χ2v) is 5.30. The van der Waals surface area contributed by atoms with Crippen molar-refractivity contribution in [1.29, 1.82) is 0 Å². The zero-order valence-electron chi connectivity index (χ0n) is 10.5. The summed E-state index contributed by atoms with van der Waals surface area (Å²) in [5, 5.41) is 4.32. The van der Waals surface area contributed by atoms with Crippen molar-refractivity contribution in [3.63, 3.8) is 0 Å². The van der Waals surface area contributed by atoms with E-state index in [9.17, 15) is 0 Å². The van der Waals surface area contributed by atoms with E-state index in [0.717, 1.165) is 18.1 Å². The van der Waals surface area contributed by atoms with E-state index in [1.54, 1.807) is 0 Å². The van der Waals surface area contributed by atoms with Gasteiger partial charge in [0.2, 0.25) is 0 Å². The van der Waals surface area contributed by atoms with Gasteiger partial charge in [-0.05, 0) is 56.1 Å². The zero-order valence-corrected chi connectivity index (χ0v) is 11.3. The zero-order chi connectivity index (χ0) is 12.1. The Morgan fingerprint density at radius 1 is 1.24 bits per heavy atom. The van der Waals surface area contributed by atoms with Gasteiger partial charge < -0.3 is 10.2 Å². The third-order valence-corrected chi connectivity index (χ3v) is 3.45. The minimum Gasteiger partial charge on any atom is -0.311 e. The summed E-state index contributed by atoms with van der Waals surface area (Å²) in [5.41, 5.74) is 2.50. The lowest BCUT2D eigenvalue weighted by atomic mass is 10.1. The Morgan fingerprint density at radius 3 is 2.71 bits per heavy atom. The molecule has 0 aliphatic carbocycles. The fourth-order valence-corrected chi connectivity index (χ4v) is 2.70. The summed E-state index contributed by atoms with van der Waals surface area (Å²) in [6, 6.07) is 6.22. The summed E-state index contributed by atoms with van der Waals surface area (Å²) in [7, 11) is 0. The highest BCUT2D eigenvalue weighted by Crippen LogP contribution is 2.14. The number of likely N-dealkylation sites (tertiary alicyclic amines) is 1. The molecule has 0 bridgehead atoms. The fourth-order valence-electron chi connectivity index (χ4n) is 2.39. The van der Waals surface area contributed by atoms with Crippen LogP contribution < -0.4 is 5.32 Å². The lowest BCUT2D eigenvalue weighted by Gasteiger charge is -2.14. The first-order valence-electron chi connectivity index (χ1n) is 6.43. The largest absolute Gasteiger partial charge is 0.311 e. The molecular formula is C14H21ClN2. The molecule has 0 saturated carbocycles. The van der Waals surface area contributed by atoms with Crippen LogP contribution >= 0.6 is 11.6 Å². The first kappa shape index (κ1) is 12.9. The standard InChI is InChI=1S/C14H21ClN2/c1-12-8-13(10-14(15)9-12)11-16-4-7-17-5-2-3-6-17/h8-10,16H,2-7,11H2,1H3. The van der Waals surface area contributed by atoms with E-state index in [4.69, 9.17) is 11.6 Å². The summed E-state index contributed by atoms with van der Waals surface area (Å²) in [5.74, 6) is 0. The highest BCUT2D eigenvalue weighted by molar-refractivity contribution is 6.30. The second-order valence-electron chi connectivity index (χ2n) is 4.86. The average Bonchev–Trinajstić information content (AvgIpc) is 2.76. The van der Waals surface area contributed by atoms with Gasteiger partial charge in [0, 0.05) is 24.7 Å². The molecule has 0 atom stereocenters. The third kappa shape index (κ3) is 4.30. The summed E-state index contributed by atoms with van der Waals surface area (Å²) in [6.07, 6.45) is 2.74. The van der Waals surface area contributed by atoms with Crippen LogP contribution in [-0.2, 0) is 6.54 Å². The molecule has 0 amide bonds. The average molecular weight is 253 g/mol. The van der Waals surface area contributed by atoms with Crippen molar-refractivity contribution in [2.45, 2.75) is 26.3 Å². The first-order valence-corrected chi connectivity index (χ1v) is 6.81. The van der Waals surface area contributed by atoms with Gasteiger partial charge in [-0.15, -0.1) is 0 Å². The van der Waals surface area contributed by atoms with Crippen LogP contribution in [-0.4, -0.2) is 31.1 Å². The molecule has 17 heavy (non-hydrogen) atoms. The van der Waals surface area contributed by atoms with Crippen LogP contribution in [0, 0.1) is 6.92 Å². The van der Waals surface area contributed by atoms with E-state index >= 15 is 0 Å². The molecular weight excluding hydrogens is 232 g/mol. The molecule has 1 saturated heterocycles. The van der Waals surface area contributed by atoms with Crippen LogP contribution in [0.4, 0.5) is 0 Å². The Labute approximate surface area is 109 Å². The molecule has 1 N–H and O–H groups in total. The summed E-state index contributed by atoms with van der Waals surface area (Å²) in [6.45, 7) is 7.77. The van der Waals surface area contributed by atoms with Gasteiger partial charge in [0.25, 0.3) is 0 Å². The third-order valence-electron chi connectivity index (χ3n) is 3.23. The van der Waals surface area contributed by atoms with Crippen molar-refractivity contribution >= 4 is 11.6 Å². The van der Waals surface area contributed by atoms with E-state index in [1.165, 1.54) is 43.6 Å². The van der Waals surface area contributed by atoms with Gasteiger partial charge in [-0.1, -0.05) is 17.7 Å². The van der Waals surface area contributed by atoms with Crippen LogP contribution in [0.25, 0.3) is 0 Å². The molecule has 1 aliphatic heterocycles. The number of hydrogen-bond acceptors (Lipinski definition) is 2. The molecule has 1 aromatic carbocycles. The number of benzene rings is 1. The van der Waals surface area contributed by atoms with Crippen molar-refractivity contribution in [3.8, 4) is 0 Å². The Kier molecular flexibility index (Phi) is 4.84. The SMILES string of the molecule is Cc1cc(Cl)cc(CNCCN2CCCC2)c1. The Hall–Kier alpha value is -0.570. The minimum absolute atomic E-state index is 0.835. The highest BCUT2D eigenvalue weighted by Gasteiger charge is 2.09. The smallest absolute Gasteiger partial charge is 0.0411 e. The number of hydrogen-bond donors (Lipinski definition) is 1. The van der Waals surface area contributed by atoms with Crippen LogP contribution in [0.15, 0.2) is 18.2 Å². The number of nitrogens with one attached hydrogen (secondary N) is 1. The van der Waals surface area contributed by atoms with Crippen LogP contribution in [0.5, 0.6) is 0 Å². The van der Waals surface area contributed by atoms with Crippen molar-refractivity contribution in [2.24, 2.45) is 0 Å². The van der Waals surface area contributed by atoms with Crippen molar-refractivity contribution < 1.29 is 0 Å². The van der Waals surface area contributed by atoms with Gasteiger partial charge in [-0.25, -0.2) is 0 Å². The fraction of sp³-hybridized carbons (Fsp3) is 0.571. The predicted molar refractivity (Wildman–Crippen MR) is 73.6 cm³/mol. The molecule has 0 radical (unpaired) electrons. The van der Waals surface area contributed by atoms with Gasteiger partial charge in [-0.3, -0.25) is 0 Å². The summed E-state index contributed by atoms with van der Waals surface area (Å²) in [4.78, 5) is 2.52. The van der Waals surface area contributed by atoms with E-state index in [-0.39, 0.29) is 0 Å².